The molecule has 136 valence electrons. The van der Waals surface area contributed by atoms with E-state index in [1.165, 1.54) is 11.3 Å². The Labute approximate surface area is 159 Å². The molecule has 0 aromatic heterocycles. The molecule has 27 heavy (non-hydrogen) atoms. The van der Waals surface area contributed by atoms with Crippen LogP contribution in [0.2, 0.25) is 0 Å². The van der Waals surface area contributed by atoms with Gasteiger partial charge in [0.1, 0.15) is 5.82 Å². The second-order valence-corrected chi connectivity index (χ2v) is 7.51. The minimum Gasteiger partial charge on any atom is -0.381 e. The Morgan fingerprint density at radius 2 is 1.63 bits per heavy atom. The van der Waals surface area contributed by atoms with E-state index in [4.69, 9.17) is 0 Å². The zero-order chi connectivity index (χ0) is 18.2. The van der Waals surface area contributed by atoms with Crippen molar-refractivity contribution in [3.05, 3.63) is 78.1 Å². The molecule has 3 aromatic rings. The van der Waals surface area contributed by atoms with Crippen molar-refractivity contribution in [2.75, 3.05) is 18.4 Å². The molecule has 3 heteroatoms. The molecule has 0 unspecified atom stereocenters. The first-order valence-electron chi connectivity index (χ1n) is 9.77. The van der Waals surface area contributed by atoms with E-state index >= 15 is 0 Å². The van der Waals surface area contributed by atoms with Crippen LogP contribution in [0, 0.1) is 5.82 Å². The topological polar surface area (TPSA) is 24.1 Å². The summed E-state index contributed by atoms with van der Waals surface area (Å²) >= 11 is 0. The van der Waals surface area contributed by atoms with Gasteiger partial charge in [-0.25, -0.2) is 4.39 Å². The maximum absolute atomic E-state index is 14.9. The van der Waals surface area contributed by atoms with Crippen LogP contribution in [0.5, 0.6) is 0 Å². The lowest BCUT2D eigenvalue weighted by Crippen LogP contribution is -2.21. The lowest BCUT2D eigenvalue weighted by Gasteiger charge is -2.18. The maximum Gasteiger partial charge on any atom is 0.131 e. The third-order valence-electron chi connectivity index (χ3n) is 5.93. The molecule has 0 aliphatic carbocycles. The van der Waals surface area contributed by atoms with E-state index in [0.29, 0.717) is 17.5 Å². The second-order valence-electron chi connectivity index (χ2n) is 7.51. The van der Waals surface area contributed by atoms with Gasteiger partial charge in [-0.3, -0.25) is 0 Å². The van der Waals surface area contributed by atoms with E-state index in [0.717, 1.165) is 42.6 Å². The van der Waals surface area contributed by atoms with Gasteiger partial charge in [0.2, 0.25) is 0 Å². The molecule has 1 saturated heterocycles. The predicted octanol–water partition coefficient (Wildman–Crippen LogP) is 5.42. The Bertz CT molecular complexity index is 967. The molecule has 2 aliphatic heterocycles. The minimum absolute atomic E-state index is 0.165. The van der Waals surface area contributed by atoms with Gasteiger partial charge >= 0.3 is 0 Å². The molecule has 2 N–H and O–H groups in total. The summed E-state index contributed by atoms with van der Waals surface area (Å²) in [5.74, 6) is 0.324. The SMILES string of the molecule is Fc1cc(-c2cccc3c2[C@@H]2CCNCC[C@@H]2N3)ccc1-c1ccccc1. The highest BCUT2D eigenvalue weighted by molar-refractivity contribution is 5.79. The third kappa shape index (κ3) is 2.92. The van der Waals surface area contributed by atoms with Crippen molar-refractivity contribution < 1.29 is 4.39 Å². The summed E-state index contributed by atoms with van der Waals surface area (Å²) in [4.78, 5) is 0. The average molecular weight is 358 g/mol. The molecule has 5 rings (SSSR count). The Kier molecular flexibility index (Phi) is 4.17. The van der Waals surface area contributed by atoms with Crippen LogP contribution in [0.1, 0.15) is 24.3 Å². The fourth-order valence-electron chi connectivity index (χ4n) is 4.64. The van der Waals surface area contributed by atoms with E-state index in [9.17, 15) is 4.39 Å². The normalized spacial score (nSPS) is 21.1. The zero-order valence-corrected chi connectivity index (χ0v) is 15.2. The zero-order valence-electron chi connectivity index (χ0n) is 15.2. The molecule has 2 aliphatic rings. The van der Waals surface area contributed by atoms with Gasteiger partial charge in [-0.05, 0) is 60.3 Å². The van der Waals surface area contributed by atoms with Crippen LogP contribution in [0.25, 0.3) is 22.3 Å². The number of benzene rings is 3. The van der Waals surface area contributed by atoms with Crippen molar-refractivity contribution >= 4 is 5.69 Å². The Morgan fingerprint density at radius 3 is 2.48 bits per heavy atom. The van der Waals surface area contributed by atoms with E-state index in [2.05, 4.69) is 34.9 Å². The highest BCUT2D eigenvalue weighted by Gasteiger charge is 2.34. The van der Waals surface area contributed by atoms with Gasteiger partial charge in [0.15, 0.2) is 0 Å². The molecule has 0 radical (unpaired) electrons. The van der Waals surface area contributed by atoms with Crippen LogP contribution in [-0.4, -0.2) is 19.1 Å². The number of fused-ring (bicyclic) bond motifs is 3. The molecule has 2 atom stereocenters. The molecular formula is C24H23FN2. The fraction of sp³-hybridized carbons (Fsp3) is 0.250. The van der Waals surface area contributed by atoms with Crippen LogP contribution < -0.4 is 10.6 Å². The van der Waals surface area contributed by atoms with Gasteiger partial charge in [-0.15, -0.1) is 0 Å². The lowest BCUT2D eigenvalue weighted by molar-refractivity contribution is 0.579. The van der Waals surface area contributed by atoms with Crippen molar-refractivity contribution in [3.63, 3.8) is 0 Å². The minimum atomic E-state index is -0.165. The highest BCUT2D eigenvalue weighted by atomic mass is 19.1. The van der Waals surface area contributed by atoms with Gasteiger partial charge in [0, 0.05) is 23.2 Å². The number of rotatable bonds is 2. The van der Waals surface area contributed by atoms with Crippen molar-refractivity contribution in [3.8, 4) is 22.3 Å². The first-order valence-corrected chi connectivity index (χ1v) is 9.77. The van der Waals surface area contributed by atoms with E-state index in [1.807, 2.05) is 36.4 Å². The number of anilines is 1. The van der Waals surface area contributed by atoms with Crippen LogP contribution in [0.15, 0.2) is 66.7 Å². The first kappa shape index (κ1) is 16.5. The molecule has 2 nitrogen and oxygen atoms in total. The summed E-state index contributed by atoms with van der Waals surface area (Å²) < 4.78 is 14.9. The number of hydrogen-bond donors (Lipinski definition) is 2. The molecule has 0 spiro atoms. The number of hydrogen-bond acceptors (Lipinski definition) is 2. The van der Waals surface area contributed by atoms with Gasteiger partial charge in [0.05, 0.1) is 0 Å². The Hall–Kier alpha value is -2.65. The van der Waals surface area contributed by atoms with E-state index in [1.54, 1.807) is 6.07 Å². The van der Waals surface area contributed by atoms with Gasteiger partial charge in [-0.2, -0.15) is 0 Å². The van der Waals surface area contributed by atoms with E-state index in [-0.39, 0.29) is 5.82 Å². The lowest BCUT2D eigenvalue weighted by atomic mass is 9.85. The molecule has 3 aromatic carbocycles. The van der Waals surface area contributed by atoms with Crippen molar-refractivity contribution in [2.45, 2.75) is 24.8 Å². The summed E-state index contributed by atoms with van der Waals surface area (Å²) in [6, 6.07) is 22.3. The summed E-state index contributed by atoms with van der Waals surface area (Å²) in [5.41, 5.74) is 6.27. The smallest absolute Gasteiger partial charge is 0.131 e. The standard InChI is InChI=1S/C24H23FN2/c25-21-15-17(9-10-18(21)16-5-2-1-3-6-16)19-7-4-8-23-24(19)20-11-13-26-14-12-22(20)27-23/h1-10,15,20,22,26-27H,11-14H2/t20-,22+/m1/s1. The van der Waals surface area contributed by atoms with Crippen LogP contribution in [0.4, 0.5) is 10.1 Å². The predicted molar refractivity (Wildman–Crippen MR) is 110 cm³/mol. The van der Waals surface area contributed by atoms with Crippen LogP contribution in [0.3, 0.4) is 0 Å². The third-order valence-corrected chi connectivity index (χ3v) is 5.93. The first-order chi connectivity index (χ1) is 13.3. The summed E-state index contributed by atoms with van der Waals surface area (Å²) in [7, 11) is 0. The Morgan fingerprint density at radius 1 is 0.778 bits per heavy atom. The molecular weight excluding hydrogens is 335 g/mol. The van der Waals surface area contributed by atoms with Crippen LogP contribution >= 0.6 is 0 Å². The van der Waals surface area contributed by atoms with Gasteiger partial charge < -0.3 is 10.6 Å². The van der Waals surface area contributed by atoms with Crippen molar-refractivity contribution in [1.82, 2.24) is 5.32 Å². The summed E-state index contributed by atoms with van der Waals surface area (Å²) in [5, 5.41) is 7.21. The highest BCUT2D eigenvalue weighted by Crippen LogP contribution is 2.45. The molecule has 0 bridgehead atoms. The van der Waals surface area contributed by atoms with Crippen LogP contribution in [-0.2, 0) is 0 Å². The maximum atomic E-state index is 14.9. The summed E-state index contributed by atoms with van der Waals surface area (Å²) in [6.45, 7) is 2.09. The monoisotopic (exact) mass is 358 g/mol. The summed E-state index contributed by atoms with van der Waals surface area (Å²) in [6.07, 6.45) is 2.24. The number of nitrogens with one attached hydrogen (secondary N) is 2. The molecule has 0 saturated carbocycles. The molecule has 0 amide bonds. The average Bonchev–Trinajstić information content (AvgIpc) is 2.90. The fourth-order valence-corrected chi connectivity index (χ4v) is 4.64. The van der Waals surface area contributed by atoms with E-state index < -0.39 is 0 Å². The number of halogens is 1. The second kappa shape index (κ2) is 6.82. The Balaban J connectivity index is 1.57. The molecule has 2 heterocycles. The van der Waals surface area contributed by atoms with Gasteiger partial charge in [0.25, 0.3) is 0 Å². The quantitative estimate of drug-likeness (QED) is 0.639. The molecule has 1 fully saturated rings. The van der Waals surface area contributed by atoms with Crippen molar-refractivity contribution in [2.24, 2.45) is 0 Å². The van der Waals surface area contributed by atoms with Gasteiger partial charge in [-0.1, -0.05) is 54.6 Å². The van der Waals surface area contributed by atoms with Crippen molar-refractivity contribution in [1.29, 1.82) is 0 Å². The largest absolute Gasteiger partial charge is 0.381 e.